The van der Waals surface area contributed by atoms with Crippen molar-refractivity contribution in [2.24, 2.45) is 0 Å². The summed E-state index contributed by atoms with van der Waals surface area (Å²) in [5.41, 5.74) is 1.90. The van der Waals surface area contributed by atoms with Gasteiger partial charge in [-0.1, -0.05) is 0 Å². The van der Waals surface area contributed by atoms with Gasteiger partial charge in [0.2, 0.25) is 0 Å². The van der Waals surface area contributed by atoms with E-state index >= 15 is 0 Å². The molecule has 0 aliphatic heterocycles. The Bertz CT molecular complexity index is 860. The third-order valence-electron chi connectivity index (χ3n) is 3.62. The molecule has 2 aromatic heterocycles. The summed E-state index contributed by atoms with van der Waals surface area (Å²) in [6, 6.07) is 5.85. The van der Waals surface area contributed by atoms with E-state index in [1.165, 1.54) is 11.3 Å². The van der Waals surface area contributed by atoms with E-state index in [-0.39, 0.29) is 5.78 Å². The minimum atomic E-state index is 0.0641. The van der Waals surface area contributed by atoms with Crippen molar-refractivity contribution >= 4 is 28.5 Å². The molecule has 0 saturated carbocycles. The predicted molar refractivity (Wildman–Crippen MR) is 105 cm³/mol. The van der Waals surface area contributed by atoms with Crippen LogP contribution in [0.2, 0.25) is 0 Å². The topological polar surface area (TPSA) is 61.3 Å². The zero-order valence-electron chi connectivity index (χ0n) is 14.7. The quantitative estimate of drug-likeness (QED) is 0.489. The number of ether oxygens (including phenoxy) is 2. The average Bonchev–Trinajstić information content (AvgIpc) is 3.34. The van der Waals surface area contributed by atoms with Gasteiger partial charge in [0.05, 0.1) is 18.9 Å². The molecule has 136 valence electrons. The molecule has 3 rings (SSSR count). The van der Waals surface area contributed by atoms with Crippen molar-refractivity contribution in [2.75, 3.05) is 13.2 Å². The van der Waals surface area contributed by atoms with Gasteiger partial charge in [-0.15, -0.1) is 22.7 Å². The molecule has 0 N–H and O–H groups in total. The molecule has 26 heavy (non-hydrogen) atoms. The third kappa shape index (κ3) is 4.47. The number of ketones is 1. The number of aryl methyl sites for hydroxylation is 1. The van der Waals surface area contributed by atoms with Crippen LogP contribution >= 0.6 is 22.7 Å². The number of carbonyl (C=O) groups is 1. The fraction of sp³-hybridized carbons (Fsp3) is 0.316. The number of Topliss-reactive ketones (excluding diaryl/α,β-unsaturated/α-hetero) is 1. The zero-order chi connectivity index (χ0) is 18.4. The third-order valence-corrected chi connectivity index (χ3v) is 5.38. The van der Waals surface area contributed by atoms with Crippen LogP contribution < -0.4 is 9.47 Å². The van der Waals surface area contributed by atoms with Crippen LogP contribution in [-0.2, 0) is 6.42 Å². The van der Waals surface area contributed by atoms with E-state index in [1.54, 1.807) is 17.5 Å². The second kappa shape index (κ2) is 8.91. The number of carbonyl (C=O) groups excluding carboxylic acids is 1. The van der Waals surface area contributed by atoms with Gasteiger partial charge in [-0.2, -0.15) is 0 Å². The first kappa shape index (κ1) is 18.5. The van der Waals surface area contributed by atoms with Crippen molar-refractivity contribution in [2.45, 2.75) is 26.7 Å². The first-order valence-electron chi connectivity index (χ1n) is 8.48. The summed E-state index contributed by atoms with van der Waals surface area (Å²) in [7, 11) is 0. The molecule has 0 bridgehead atoms. The van der Waals surface area contributed by atoms with Gasteiger partial charge in [0, 0.05) is 28.9 Å². The Morgan fingerprint density at radius 2 is 1.92 bits per heavy atom. The number of aromatic nitrogens is 2. The molecule has 0 saturated heterocycles. The first-order valence-corrected chi connectivity index (χ1v) is 10.2. The predicted octanol–water partition coefficient (Wildman–Crippen LogP) is 4.88. The maximum atomic E-state index is 12.1. The first-order chi connectivity index (χ1) is 12.7. The van der Waals surface area contributed by atoms with E-state index in [4.69, 9.17) is 9.47 Å². The van der Waals surface area contributed by atoms with Crippen LogP contribution in [0.1, 0.15) is 35.8 Å². The molecule has 2 heterocycles. The second-order valence-electron chi connectivity index (χ2n) is 5.43. The van der Waals surface area contributed by atoms with E-state index in [0.29, 0.717) is 31.1 Å². The lowest BCUT2D eigenvalue weighted by Crippen LogP contribution is -2.00. The van der Waals surface area contributed by atoms with Crippen molar-refractivity contribution in [1.82, 2.24) is 9.97 Å². The van der Waals surface area contributed by atoms with Crippen molar-refractivity contribution in [1.29, 1.82) is 0 Å². The lowest BCUT2D eigenvalue weighted by molar-refractivity contribution is 0.0982. The van der Waals surface area contributed by atoms with E-state index in [1.807, 2.05) is 42.8 Å². The molecule has 1 aromatic carbocycles. The van der Waals surface area contributed by atoms with Gasteiger partial charge in [0.15, 0.2) is 22.3 Å². The minimum Gasteiger partial charge on any atom is -0.490 e. The highest BCUT2D eigenvalue weighted by Crippen LogP contribution is 2.34. The Kier molecular flexibility index (Phi) is 6.35. The van der Waals surface area contributed by atoms with Crippen LogP contribution in [0.3, 0.4) is 0 Å². The maximum Gasteiger partial charge on any atom is 0.191 e. The van der Waals surface area contributed by atoms with Gasteiger partial charge in [-0.05, 0) is 38.5 Å². The van der Waals surface area contributed by atoms with Crippen LogP contribution in [0.5, 0.6) is 11.5 Å². The Morgan fingerprint density at radius 1 is 1.12 bits per heavy atom. The Labute approximate surface area is 160 Å². The fourth-order valence-corrected chi connectivity index (χ4v) is 3.91. The smallest absolute Gasteiger partial charge is 0.191 e. The number of nitrogens with zero attached hydrogens (tertiary/aromatic N) is 2. The largest absolute Gasteiger partial charge is 0.490 e. The highest BCUT2D eigenvalue weighted by Gasteiger charge is 2.13. The Balaban J connectivity index is 1.70. The van der Waals surface area contributed by atoms with Crippen LogP contribution in [0.15, 0.2) is 35.2 Å². The fourth-order valence-electron chi connectivity index (χ4n) is 2.45. The lowest BCUT2D eigenvalue weighted by atomic mass is 10.2. The Hall–Kier alpha value is -2.25. The summed E-state index contributed by atoms with van der Waals surface area (Å²) >= 11 is 2.94. The van der Waals surface area contributed by atoms with E-state index < -0.39 is 0 Å². The number of hydrogen-bond acceptors (Lipinski definition) is 7. The molecule has 0 aliphatic rings. The summed E-state index contributed by atoms with van der Waals surface area (Å²) < 4.78 is 11.3. The molecule has 0 spiro atoms. The number of thiazole rings is 2. The van der Waals surface area contributed by atoms with Gasteiger partial charge in [0.25, 0.3) is 0 Å². The molecule has 0 radical (unpaired) electrons. The molecule has 3 aromatic rings. The van der Waals surface area contributed by atoms with Crippen LogP contribution in [-0.4, -0.2) is 29.0 Å². The molecule has 7 heteroatoms. The lowest BCUT2D eigenvalue weighted by Gasteiger charge is -2.11. The van der Waals surface area contributed by atoms with E-state index in [2.05, 4.69) is 9.97 Å². The summed E-state index contributed by atoms with van der Waals surface area (Å²) in [5, 5.41) is 5.29. The summed E-state index contributed by atoms with van der Waals surface area (Å²) in [6.45, 7) is 5.06. The zero-order valence-corrected chi connectivity index (χ0v) is 16.4. The molecular weight excluding hydrogens is 368 g/mol. The molecule has 0 atom stereocenters. The SMILES string of the molecule is CCOc1ccc(-c2nc(CCC(=O)c3nccs3)cs2)cc1OCC. The molecular formula is C19H20N2O3S2. The average molecular weight is 389 g/mol. The van der Waals surface area contributed by atoms with E-state index in [9.17, 15) is 4.79 Å². The number of rotatable bonds is 9. The molecule has 5 nitrogen and oxygen atoms in total. The van der Waals surface area contributed by atoms with Crippen molar-refractivity contribution in [3.8, 4) is 22.1 Å². The minimum absolute atomic E-state index is 0.0641. The number of hydrogen-bond donors (Lipinski definition) is 0. The van der Waals surface area contributed by atoms with Gasteiger partial charge in [-0.25, -0.2) is 9.97 Å². The highest BCUT2D eigenvalue weighted by atomic mass is 32.1. The summed E-state index contributed by atoms with van der Waals surface area (Å²) in [5.74, 6) is 1.53. The summed E-state index contributed by atoms with van der Waals surface area (Å²) in [4.78, 5) is 20.8. The maximum absolute atomic E-state index is 12.1. The molecule has 0 fully saturated rings. The van der Waals surface area contributed by atoms with Gasteiger partial charge in [0.1, 0.15) is 5.01 Å². The molecule has 0 amide bonds. The number of benzene rings is 1. The summed E-state index contributed by atoms with van der Waals surface area (Å²) in [6.07, 6.45) is 2.69. The van der Waals surface area contributed by atoms with Crippen LogP contribution in [0, 0.1) is 0 Å². The van der Waals surface area contributed by atoms with Gasteiger partial charge < -0.3 is 9.47 Å². The Morgan fingerprint density at radius 3 is 2.65 bits per heavy atom. The second-order valence-corrected chi connectivity index (χ2v) is 7.18. The van der Waals surface area contributed by atoms with Gasteiger partial charge in [-0.3, -0.25) is 4.79 Å². The molecule has 0 aliphatic carbocycles. The van der Waals surface area contributed by atoms with Crippen molar-refractivity contribution in [3.05, 3.63) is 45.9 Å². The van der Waals surface area contributed by atoms with Gasteiger partial charge >= 0.3 is 0 Å². The monoisotopic (exact) mass is 388 g/mol. The normalized spacial score (nSPS) is 10.7. The highest BCUT2D eigenvalue weighted by molar-refractivity contribution is 7.13. The van der Waals surface area contributed by atoms with Crippen molar-refractivity contribution < 1.29 is 14.3 Å². The van der Waals surface area contributed by atoms with Crippen molar-refractivity contribution in [3.63, 3.8) is 0 Å². The van der Waals surface area contributed by atoms with Crippen LogP contribution in [0.25, 0.3) is 10.6 Å². The standard InChI is InChI=1S/C19H20N2O3S2/c1-3-23-16-8-5-13(11-17(16)24-4-2)18-21-14(12-26-18)6-7-15(22)19-20-9-10-25-19/h5,8-12H,3-4,6-7H2,1-2H3. The van der Waals surface area contributed by atoms with Crippen LogP contribution in [0.4, 0.5) is 0 Å². The molecule has 0 unspecified atom stereocenters. The van der Waals surface area contributed by atoms with E-state index in [0.717, 1.165) is 27.8 Å².